The van der Waals surface area contributed by atoms with Crippen LogP contribution in [0.3, 0.4) is 0 Å². The number of H-pyrrole nitrogens is 1. The molecule has 1 N–H and O–H groups in total. The van der Waals surface area contributed by atoms with Crippen LogP contribution in [0.1, 0.15) is 17.6 Å². The fourth-order valence-corrected chi connectivity index (χ4v) is 1.03. The van der Waals surface area contributed by atoms with Crippen LogP contribution < -0.4 is 10.3 Å². The summed E-state index contributed by atoms with van der Waals surface area (Å²) in [4.78, 5) is 12.6. The van der Waals surface area contributed by atoms with E-state index in [9.17, 15) is 26.7 Å². The average molecular weight is 254 g/mol. The number of nitrogens with zero attached hydrogens (tertiary/aromatic N) is 1. The van der Waals surface area contributed by atoms with E-state index in [1.54, 1.807) is 4.98 Å². The van der Waals surface area contributed by atoms with Gasteiger partial charge in [-0.2, -0.15) is 5.26 Å². The Labute approximate surface area is 90.2 Å². The number of ether oxygens (including phenoxy) is 1. The molecular formula is C8H3F5N2O2. The Morgan fingerprint density at radius 2 is 2.00 bits per heavy atom. The topological polar surface area (TPSA) is 65.9 Å². The highest BCUT2D eigenvalue weighted by Gasteiger charge is 2.35. The Balaban J connectivity index is 3.43. The maximum absolute atomic E-state index is 12.3. The predicted octanol–water partition coefficient (Wildman–Crippen LogP) is 2.08. The summed E-state index contributed by atoms with van der Waals surface area (Å²) in [5.74, 6) is -1.49. The van der Waals surface area contributed by atoms with Crippen molar-refractivity contribution in [1.82, 2.24) is 4.98 Å². The van der Waals surface area contributed by atoms with Crippen LogP contribution in [-0.2, 0) is 0 Å². The van der Waals surface area contributed by atoms with Crippen LogP contribution in [0.2, 0.25) is 0 Å². The van der Waals surface area contributed by atoms with Gasteiger partial charge in [0.15, 0.2) is 0 Å². The standard InChI is InChI=1S/C8H3F5N2O2/c9-6(10)4-2-15-7(16)5(3(4)1-14)17-8(11,12)13/h2,6H,(H,15,16). The molecule has 0 saturated carbocycles. The van der Waals surface area contributed by atoms with Crippen molar-refractivity contribution in [1.29, 1.82) is 5.26 Å². The van der Waals surface area contributed by atoms with Crippen LogP contribution in [0.5, 0.6) is 5.75 Å². The van der Waals surface area contributed by atoms with Gasteiger partial charge in [0.2, 0.25) is 5.75 Å². The van der Waals surface area contributed by atoms with Crippen LogP contribution in [0, 0.1) is 11.3 Å². The number of nitrogens with one attached hydrogen (secondary N) is 1. The van der Waals surface area contributed by atoms with E-state index >= 15 is 0 Å². The van der Waals surface area contributed by atoms with E-state index in [0.717, 1.165) is 6.07 Å². The van der Waals surface area contributed by atoms with Crippen molar-refractivity contribution >= 4 is 0 Å². The second-order valence-corrected chi connectivity index (χ2v) is 2.74. The summed E-state index contributed by atoms with van der Waals surface area (Å²) in [5, 5.41) is 8.49. The number of pyridine rings is 1. The van der Waals surface area contributed by atoms with Crippen molar-refractivity contribution in [2.75, 3.05) is 0 Å². The first kappa shape index (κ1) is 13.0. The van der Waals surface area contributed by atoms with Gasteiger partial charge in [0.25, 0.3) is 12.0 Å². The SMILES string of the molecule is N#Cc1c(C(F)F)c[nH]c(=O)c1OC(F)(F)F. The van der Waals surface area contributed by atoms with Gasteiger partial charge in [0, 0.05) is 6.20 Å². The van der Waals surface area contributed by atoms with Crippen molar-refractivity contribution in [3.05, 3.63) is 27.7 Å². The summed E-state index contributed by atoms with van der Waals surface area (Å²) in [6.07, 6.45) is -7.99. The Morgan fingerprint density at radius 3 is 2.41 bits per heavy atom. The van der Waals surface area contributed by atoms with Gasteiger partial charge in [-0.05, 0) is 0 Å². The molecule has 0 atom stereocenters. The van der Waals surface area contributed by atoms with Gasteiger partial charge in [-0.25, -0.2) is 8.78 Å². The quantitative estimate of drug-likeness (QED) is 0.821. The molecule has 4 nitrogen and oxygen atoms in total. The lowest BCUT2D eigenvalue weighted by Gasteiger charge is -2.11. The summed E-state index contributed by atoms with van der Waals surface area (Å²) in [7, 11) is 0. The number of aromatic nitrogens is 1. The molecule has 0 aliphatic carbocycles. The monoisotopic (exact) mass is 254 g/mol. The Hall–Kier alpha value is -2.11. The average Bonchev–Trinajstić information content (AvgIpc) is 2.18. The van der Waals surface area contributed by atoms with Gasteiger partial charge in [0.1, 0.15) is 11.6 Å². The second kappa shape index (κ2) is 4.40. The van der Waals surface area contributed by atoms with Gasteiger partial charge >= 0.3 is 6.36 Å². The highest BCUT2D eigenvalue weighted by Crippen LogP contribution is 2.29. The highest BCUT2D eigenvalue weighted by atomic mass is 19.4. The molecule has 0 bridgehead atoms. The first-order valence-corrected chi connectivity index (χ1v) is 3.96. The molecule has 0 spiro atoms. The van der Waals surface area contributed by atoms with Gasteiger partial charge in [-0.3, -0.25) is 4.79 Å². The third kappa shape index (κ3) is 2.93. The molecular weight excluding hydrogens is 251 g/mol. The molecule has 0 fully saturated rings. The number of alkyl halides is 5. The summed E-state index contributed by atoms with van der Waals surface area (Å²) in [5.41, 5.74) is -3.59. The lowest BCUT2D eigenvalue weighted by molar-refractivity contribution is -0.275. The smallest absolute Gasteiger partial charge is 0.398 e. The van der Waals surface area contributed by atoms with Crippen LogP contribution >= 0.6 is 0 Å². The first-order valence-electron chi connectivity index (χ1n) is 3.96. The molecule has 1 aromatic rings. The third-order valence-corrected chi connectivity index (χ3v) is 1.65. The van der Waals surface area contributed by atoms with E-state index in [-0.39, 0.29) is 0 Å². The van der Waals surface area contributed by atoms with Gasteiger partial charge in [-0.1, -0.05) is 0 Å². The van der Waals surface area contributed by atoms with E-state index in [2.05, 4.69) is 4.74 Å². The minimum atomic E-state index is -5.25. The third-order valence-electron chi connectivity index (χ3n) is 1.65. The second-order valence-electron chi connectivity index (χ2n) is 2.74. The Morgan fingerprint density at radius 1 is 1.41 bits per heavy atom. The number of hydrogen-bond acceptors (Lipinski definition) is 3. The molecule has 0 aliphatic heterocycles. The molecule has 1 aromatic heterocycles. The molecule has 0 aromatic carbocycles. The maximum atomic E-state index is 12.3. The van der Waals surface area contributed by atoms with Gasteiger partial charge in [0.05, 0.1) is 5.56 Å². The molecule has 0 aliphatic rings. The van der Waals surface area contributed by atoms with Crippen molar-refractivity contribution in [3.8, 4) is 11.8 Å². The van der Waals surface area contributed by atoms with E-state index in [1.165, 1.54) is 0 Å². The van der Waals surface area contributed by atoms with E-state index in [4.69, 9.17) is 5.26 Å². The zero-order valence-electron chi connectivity index (χ0n) is 7.81. The molecule has 92 valence electrons. The molecule has 1 heterocycles. The minimum Gasteiger partial charge on any atom is -0.398 e. The molecule has 1 rings (SSSR count). The molecule has 17 heavy (non-hydrogen) atoms. The Bertz CT molecular complexity index is 514. The fourth-order valence-electron chi connectivity index (χ4n) is 1.03. The first-order chi connectivity index (χ1) is 7.76. The number of halogens is 5. The Kier molecular flexibility index (Phi) is 3.36. The van der Waals surface area contributed by atoms with Gasteiger partial charge in [-0.15, -0.1) is 13.2 Å². The highest BCUT2D eigenvalue weighted by molar-refractivity contribution is 5.47. The lowest BCUT2D eigenvalue weighted by Crippen LogP contribution is -2.24. The molecule has 0 saturated heterocycles. The van der Waals surface area contributed by atoms with Crippen LogP contribution in [0.25, 0.3) is 0 Å². The van der Waals surface area contributed by atoms with E-state index < -0.39 is 35.2 Å². The summed E-state index contributed by atoms with van der Waals surface area (Å²) >= 11 is 0. The summed E-state index contributed by atoms with van der Waals surface area (Å²) < 4.78 is 63.6. The zero-order chi connectivity index (χ0) is 13.2. The number of nitriles is 1. The van der Waals surface area contributed by atoms with E-state index in [0.29, 0.717) is 6.20 Å². The zero-order valence-corrected chi connectivity index (χ0v) is 7.81. The summed E-state index contributed by atoms with van der Waals surface area (Å²) in [6.45, 7) is 0. The van der Waals surface area contributed by atoms with Crippen molar-refractivity contribution < 1.29 is 26.7 Å². The maximum Gasteiger partial charge on any atom is 0.573 e. The molecule has 0 radical (unpaired) electrons. The van der Waals surface area contributed by atoms with Crippen molar-refractivity contribution in [2.24, 2.45) is 0 Å². The van der Waals surface area contributed by atoms with Crippen LogP contribution in [0.15, 0.2) is 11.0 Å². The molecule has 0 unspecified atom stereocenters. The van der Waals surface area contributed by atoms with E-state index in [1.807, 2.05) is 0 Å². The lowest BCUT2D eigenvalue weighted by atomic mass is 10.1. The minimum absolute atomic E-state index is 0.467. The normalized spacial score (nSPS) is 11.4. The molecule has 0 amide bonds. The van der Waals surface area contributed by atoms with Crippen LogP contribution in [-0.4, -0.2) is 11.3 Å². The fraction of sp³-hybridized carbons (Fsp3) is 0.250. The largest absolute Gasteiger partial charge is 0.573 e. The van der Waals surface area contributed by atoms with Crippen molar-refractivity contribution in [2.45, 2.75) is 12.8 Å². The number of rotatable bonds is 2. The summed E-state index contributed by atoms with van der Waals surface area (Å²) in [6, 6.07) is 1.08. The van der Waals surface area contributed by atoms with Crippen LogP contribution in [0.4, 0.5) is 22.0 Å². The molecule has 9 heteroatoms. The number of hydrogen-bond donors (Lipinski definition) is 1. The number of aromatic amines is 1. The van der Waals surface area contributed by atoms with Gasteiger partial charge < -0.3 is 9.72 Å². The predicted molar refractivity (Wildman–Crippen MR) is 43.4 cm³/mol. The van der Waals surface area contributed by atoms with Crippen molar-refractivity contribution in [3.63, 3.8) is 0 Å².